The maximum atomic E-state index is 11.1. The molecule has 0 spiro atoms. The summed E-state index contributed by atoms with van der Waals surface area (Å²) in [5.74, 6) is 0.828. The highest BCUT2D eigenvalue weighted by molar-refractivity contribution is 7.10. The molecule has 0 saturated carbocycles. The molecule has 0 fully saturated rings. The standard InChI is InChI=1S/C13H14ClN3OS/c1-8(2)11(10-4-3-5-19-10)17-13-9(6-18)12(14)15-7-16-13/h3-8,11H,1-2H3,(H,15,16,17). The Morgan fingerprint density at radius 3 is 2.79 bits per heavy atom. The van der Waals surface area contributed by atoms with Crippen LogP contribution in [0.1, 0.15) is 35.1 Å². The Morgan fingerprint density at radius 2 is 2.21 bits per heavy atom. The summed E-state index contributed by atoms with van der Waals surface area (Å²) in [6.07, 6.45) is 2.03. The minimum Gasteiger partial charge on any atom is -0.361 e. The number of carbonyl (C=O) groups excluding carboxylic acids is 1. The van der Waals surface area contributed by atoms with Gasteiger partial charge in [0.25, 0.3) is 0 Å². The topological polar surface area (TPSA) is 54.9 Å². The van der Waals surface area contributed by atoms with Gasteiger partial charge in [0, 0.05) is 4.88 Å². The van der Waals surface area contributed by atoms with Gasteiger partial charge in [-0.15, -0.1) is 11.3 Å². The fourth-order valence-corrected chi connectivity index (χ4v) is 2.90. The highest BCUT2D eigenvalue weighted by Gasteiger charge is 2.19. The molecular formula is C13H14ClN3OS. The van der Waals surface area contributed by atoms with Crippen molar-refractivity contribution in [3.63, 3.8) is 0 Å². The van der Waals surface area contributed by atoms with Crippen LogP contribution in [0.2, 0.25) is 5.15 Å². The minimum absolute atomic E-state index is 0.0877. The molecule has 0 saturated heterocycles. The van der Waals surface area contributed by atoms with Crippen molar-refractivity contribution in [1.29, 1.82) is 0 Å². The highest BCUT2D eigenvalue weighted by Crippen LogP contribution is 2.30. The van der Waals surface area contributed by atoms with Crippen molar-refractivity contribution in [3.8, 4) is 0 Å². The molecule has 0 aliphatic carbocycles. The first-order valence-electron chi connectivity index (χ1n) is 5.89. The van der Waals surface area contributed by atoms with Crippen molar-refractivity contribution in [2.24, 2.45) is 5.92 Å². The molecule has 0 amide bonds. The van der Waals surface area contributed by atoms with E-state index >= 15 is 0 Å². The molecule has 6 heteroatoms. The van der Waals surface area contributed by atoms with Gasteiger partial charge in [-0.05, 0) is 17.4 Å². The fraction of sp³-hybridized carbons (Fsp3) is 0.308. The predicted molar refractivity (Wildman–Crippen MR) is 78.0 cm³/mol. The van der Waals surface area contributed by atoms with Crippen LogP contribution in [-0.4, -0.2) is 16.3 Å². The SMILES string of the molecule is CC(C)C(Nc1ncnc(Cl)c1C=O)c1cccs1. The lowest BCUT2D eigenvalue weighted by Gasteiger charge is -2.22. The van der Waals surface area contributed by atoms with Crippen molar-refractivity contribution in [2.45, 2.75) is 19.9 Å². The van der Waals surface area contributed by atoms with Gasteiger partial charge in [0.05, 0.1) is 11.6 Å². The monoisotopic (exact) mass is 295 g/mol. The van der Waals surface area contributed by atoms with E-state index in [9.17, 15) is 4.79 Å². The number of aromatic nitrogens is 2. The molecule has 2 heterocycles. The first-order valence-corrected chi connectivity index (χ1v) is 7.15. The van der Waals surface area contributed by atoms with Crippen molar-refractivity contribution < 1.29 is 4.79 Å². The highest BCUT2D eigenvalue weighted by atomic mass is 35.5. The van der Waals surface area contributed by atoms with E-state index in [0.29, 0.717) is 23.6 Å². The maximum Gasteiger partial charge on any atom is 0.156 e. The lowest BCUT2D eigenvalue weighted by Crippen LogP contribution is -2.17. The number of nitrogens with zero attached hydrogens (tertiary/aromatic N) is 2. The fourth-order valence-electron chi connectivity index (χ4n) is 1.78. The molecule has 19 heavy (non-hydrogen) atoms. The Balaban J connectivity index is 2.33. The quantitative estimate of drug-likeness (QED) is 0.673. The van der Waals surface area contributed by atoms with Gasteiger partial charge in [-0.25, -0.2) is 9.97 Å². The zero-order valence-corrected chi connectivity index (χ0v) is 12.2. The molecule has 100 valence electrons. The Hall–Kier alpha value is -1.46. The summed E-state index contributed by atoms with van der Waals surface area (Å²) in [5, 5.41) is 5.48. The van der Waals surface area contributed by atoms with E-state index in [0.717, 1.165) is 0 Å². The zero-order valence-electron chi connectivity index (χ0n) is 10.6. The summed E-state index contributed by atoms with van der Waals surface area (Å²) in [6.45, 7) is 4.22. The van der Waals surface area contributed by atoms with Crippen molar-refractivity contribution in [2.75, 3.05) is 5.32 Å². The number of hydrogen-bond donors (Lipinski definition) is 1. The van der Waals surface area contributed by atoms with Crippen molar-refractivity contribution in [1.82, 2.24) is 9.97 Å². The Morgan fingerprint density at radius 1 is 1.42 bits per heavy atom. The van der Waals surface area contributed by atoms with E-state index in [-0.39, 0.29) is 11.2 Å². The summed E-state index contributed by atoms with van der Waals surface area (Å²) >= 11 is 7.57. The Labute approximate surface area is 120 Å². The summed E-state index contributed by atoms with van der Waals surface area (Å²) in [7, 11) is 0. The van der Waals surface area contributed by atoms with Crippen molar-refractivity contribution >= 4 is 35.0 Å². The summed E-state index contributed by atoms with van der Waals surface area (Å²) < 4.78 is 0. The average Bonchev–Trinajstić information content (AvgIpc) is 2.89. The first-order chi connectivity index (χ1) is 9.13. The number of aldehydes is 1. The van der Waals surface area contributed by atoms with Gasteiger partial charge in [0.15, 0.2) is 6.29 Å². The predicted octanol–water partition coefficient (Wildman–Crippen LogP) is 3.81. The third kappa shape index (κ3) is 3.11. The molecule has 4 nitrogen and oxygen atoms in total. The molecule has 2 rings (SSSR count). The van der Waals surface area contributed by atoms with Crippen LogP contribution in [0.3, 0.4) is 0 Å². The van der Waals surface area contributed by atoms with Crippen LogP contribution in [0.15, 0.2) is 23.8 Å². The van der Waals surface area contributed by atoms with Crippen LogP contribution in [0.25, 0.3) is 0 Å². The van der Waals surface area contributed by atoms with Crippen molar-refractivity contribution in [3.05, 3.63) is 39.4 Å². The number of rotatable bonds is 5. The number of nitrogens with one attached hydrogen (secondary N) is 1. The lowest BCUT2D eigenvalue weighted by molar-refractivity contribution is 0.112. The molecule has 2 aromatic heterocycles. The smallest absolute Gasteiger partial charge is 0.156 e. The summed E-state index contributed by atoms with van der Waals surface area (Å²) in [5.41, 5.74) is 0.298. The number of thiophene rings is 1. The van der Waals surface area contributed by atoms with E-state index in [1.54, 1.807) is 11.3 Å². The van der Waals surface area contributed by atoms with E-state index in [1.165, 1.54) is 11.2 Å². The second-order valence-corrected chi connectivity index (χ2v) is 5.76. The average molecular weight is 296 g/mol. The van der Waals surface area contributed by atoms with Crippen LogP contribution >= 0.6 is 22.9 Å². The molecule has 2 aromatic rings. The third-order valence-corrected chi connectivity index (χ3v) is 4.02. The van der Waals surface area contributed by atoms with Gasteiger partial charge >= 0.3 is 0 Å². The molecule has 0 bridgehead atoms. The van der Waals surface area contributed by atoms with Crippen LogP contribution in [0.4, 0.5) is 5.82 Å². The molecule has 0 radical (unpaired) electrons. The van der Waals surface area contributed by atoms with Crippen LogP contribution in [-0.2, 0) is 0 Å². The van der Waals surface area contributed by atoms with Crippen LogP contribution < -0.4 is 5.32 Å². The van der Waals surface area contributed by atoms with Gasteiger partial charge in [-0.2, -0.15) is 0 Å². The normalized spacial score (nSPS) is 12.4. The van der Waals surface area contributed by atoms with Gasteiger partial charge in [0.1, 0.15) is 17.3 Å². The van der Waals surface area contributed by atoms with E-state index < -0.39 is 0 Å². The number of anilines is 1. The lowest BCUT2D eigenvalue weighted by atomic mass is 10.0. The number of halogens is 1. The Bertz CT molecular complexity index is 557. The summed E-state index contributed by atoms with van der Waals surface area (Å²) in [4.78, 5) is 20.2. The van der Waals surface area contributed by atoms with E-state index in [2.05, 4.69) is 35.2 Å². The van der Waals surface area contributed by atoms with Gasteiger partial charge in [0.2, 0.25) is 0 Å². The summed E-state index contributed by atoms with van der Waals surface area (Å²) in [6, 6.07) is 4.15. The molecule has 1 atom stereocenters. The molecular weight excluding hydrogens is 282 g/mol. The maximum absolute atomic E-state index is 11.1. The first kappa shape index (κ1) is 14.0. The second kappa shape index (κ2) is 6.12. The van der Waals surface area contributed by atoms with E-state index in [4.69, 9.17) is 11.6 Å². The number of hydrogen-bond acceptors (Lipinski definition) is 5. The largest absolute Gasteiger partial charge is 0.361 e. The van der Waals surface area contributed by atoms with Gasteiger partial charge in [-0.3, -0.25) is 4.79 Å². The molecule has 1 N–H and O–H groups in total. The second-order valence-electron chi connectivity index (χ2n) is 4.43. The third-order valence-electron chi connectivity index (χ3n) is 2.76. The minimum atomic E-state index is 0.0877. The van der Waals surface area contributed by atoms with Gasteiger partial charge < -0.3 is 5.32 Å². The van der Waals surface area contributed by atoms with Crippen LogP contribution in [0, 0.1) is 5.92 Å². The van der Waals surface area contributed by atoms with Crippen LogP contribution in [0.5, 0.6) is 0 Å². The molecule has 0 aromatic carbocycles. The van der Waals surface area contributed by atoms with E-state index in [1.807, 2.05) is 11.4 Å². The molecule has 0 aliphatic rings. The Kier molecular flexibility index (Phi) is 4.50. The molecule has 1 unspecified atom stereocenters. The zero-order chi connectivity index (χ0) is 13.8. The molecule has 0 aliphatic heterocycles. The number of carbonyl (C=O) groups is 1. The van der Waals surface area contributed by atoms with Gasteiger partial charge in [-0.1, -0.05) is 31.5 Å².